The van der Waals surface area contributed by atoms with Gasteiger partial charge in [0.25, 0.3) is 0 Å². The largest absolute Gasteiger partial charge is 0.379 e. The van der Waals surface area contributed by atoms with Crippen LogP contribution < -0.4 is 5.32 Å². The van der Waals surface area contributed by atoms with Crippen molar-refractivity contribution in [3.8, 4) is 0 Å². The molecule has 0 amide bonds. The molecule has 1 aromatic carbocycles. The first-order chi connectivity index (χ1) is 6.79. The minimum atomic E-state index is 0.292. The maximum absolute atomic E-state index is 4.23. The second-order valence-corrected chi connectivity index (χ2v) is 4.09. The lowest BCUT2D eigenvalue weighted by Gasteiger charge is -2.10. The molecule has 0 radical (unpaired) electrons. The third kappa shape index (κ3) is 1.77. The molecule has 1 heterocycles. The van der Waals surface area contributed by atoms with Crippen molar-refractivity contribution in [3.05, 3.63) is 36.4 Å². The first-order valence-corrected chi connectivity index (χ1v) is 5.40. The van der Waals surface area contributed by atoms with Gasteiger partial charge in [-0.05, 0) is 25.1 Å². The number of anilines is 1. The minimum Gasteiger partial charge on any atom is -0.379 e. The van der Waals surface area contributed by atoms with Crippen molar-refractivity contribution in [2.75, 3.05) is 5.32 Å². The summed E-state index contributed by atoms with van der Waals surface area (Å²) in [5, 5.41) is 3.33. The topological polar surface area (TPSA) is 24.9 Å². The second kappa shape index (κ2) is 3.80. The maximum atomic E-state index is 4.23. The average molecular weight is 204 g/mol. The Morgan fingerprint density at radius 2 is 2.43 bits per heavy atom. The molecule has 1 unspecified atom stereocenters. The van der Waals surface area contributed by atoms with Crippen molar-refractivity contribution in [2.45, 2.75) is 13.0 Å². The van der Waals surface area contributed by atoms with Crippen LogP contribution in [0.25, 0.3) is 10.2 Å². The van der Waals surface area contributed by atoms with Crippen molar-refractivity contribution in [1.82, 2.24) is 4.98 Å². The van der Waals surface area contributed by atoms with Crippen LogP contribution in [0.2, 0.25) is 0 Å². The van der Waals surface area contributed by atoms with E-state index in [1.165, 1.54) is 4.70 Å². The van der Waals surface area contributed by atoms with Gasteiger partial charge < -0.3 is 5.32 Å². The first kappa shape index (κ1) is 9.21. The van der Waals surface area contributed by atoms with Gasteiger partial charge in [-0.15, -0.1) is 17.9 Å². The maximum Gasteiger partial charge on any atom is 0.0813 e. The van der Waals surface area contributed by atoms with Gasteiger partial charge in [0, 0.05) is 11.7 Å². The van der Waals surface area contributed by atoms with Crippen LogP contribution in [0.4, 0.5) is 5.69 Å². The van der Waals surface area contributed by atoms with Crippen LogP contribution in [0.1, 0.15) is 6.92 Å². The van der Waals surface area contributed by atoms with Gasteiger partial charge in [-0.25, -0.2) is 4.98 Å². The highest BCUT2D eigenvalue weighted by Crippen LogP contribution is 2.22. The van der Waals surface area contributed by atoms with Gasteiger partial charge in [0.1, 0.15) is 0 Å². The van der Waals surface area contributed by atoms with Gasteiger partial charge in [0.2, 0.25) is 0 Å². The Balaban J connectivity index is 2.29. The van der Waals surface area contributed by atoms with E-state index in [2.05, 4.69) is 29.9 Å². The molecule has 14 heavy (non-hydrogen) atoms. The normalized spacial score (nSPS) is 12.6. The molecule has 1 aromatic heterocycles. The number of benzene rings is 1. The summed E-state index contributed by atoms with van der Waals surface area (Å²) >= 11 is 1.66. The van der Waals surface area contributed by atoms with E-state index in [0.29, 0.717) is 6.04 Å². The highest BCUT2D eigenvalue weighted by Gasteiger charge is 2.00. The van der Waals surface area contributed by atoms with Gasteiger partial charge in [-0.1, -0.05) is 6.08 Å². The highest BCUT2D eigenvalue weighted by molar-refractivity contribution is 7.16. The van der Waals surface area contributed by atoms with E-state index < -0.39 is 0 Å². The van der Waals surface area contributed by atoms with Crippen LogP contribution in [0.15, 0.2) is 36.4 Å². The van der Waals surface area contributed by atoms with E-state index >= 15 is 0 Å². The molecular formula is C11H12N2S. The number of aromatic nitrogens is 1. The fourth-order valence-electron chi connectivity index (χ4n) is 1.27. The smallest absolute Gasteiger partial charge is 0.0813 e. The lowest BCUT2D eigenvalue weighted by atomic mass is 10.2. The Morgan fingerprint density at radius 3 is 3.21 bits per heavy atom. The molecule has 0 aliphatic rings. The number of hydrogen-bond acceptors (Lipinski definition) is 3. The number of thiazole rings is 1. The average Bonchev–Trinajstić information content (AvgIpc) is 2.64. The van der Waals surface area contributed by atoms with Crippen molar-refractivity contribution in [1.29, 1.82) is 0 Å². The third-order valence-corrected chi connectivity index (χ3v) is 2.87. The standard InChI is InChI=1S/C11H12N2S/c1-3-8(2)13-9-4-5-10-11(6-9)14-7-12-10/h3-8,13H,1H2,2H3. The molecule has 0 saturated heterocycles. The number of nitrogens with zero attached hydrogens (tertiary/aromatic N) is 1. The molecule has 1 atom stereocenters. The Bertz CT molecular complexity index is 447. The Kier molecular flexibility index (Phi) is 2.50. The molecule has 0 aliphatic carbocycles. The van der Waals surface area contributed by atoms with Gasteiger partial charge in [0.05, 0.1) is 15.7 Å². The lowest BCUT2D eigenvalue weighted by Crippen LogP contribution is -2.10. The van der Waals surface area contributed by atoms with Crippen molar-refractivity contribution < 1.29 is 0 Å². The summed E-state index contributed by atoms with van der Waals surface area (Å²) in [6.07, 6.45) is 1.89. The number of nitrogens with one attached hydrogen (secondary N) is 1. The summed E-state index contributed by atoms with van der Waals surface area (Å²) in [6, 6.07) is 6.49. The van der Waals surface area contributed by atoms with E-state index in [-0.39, 0.29) is 0 Å². The molecular weight excluding hydrogens is 192 g/mol. The summed E-state index contributed by atoms with van der Waals surface area (Å²) in [7, 11) is 0. The molecule has 72 valence electrons. The zero-order valence-corrected chi connectivity index (χ0v) is 8.84. The monoisotopic (exact) mass is 204 g/mol. The minimum absolute atomic E-state index is 0.292. The molecule has 0 spiro atoms. The fourth-order valence-corrected chi connectivity index (χ4v) is 1.98. The Hall–Kier alpha value is -1.35. The summed E-state index contributed by atoms with van der Waals surface area (Å²) < 4.78 is 1.21. The molecule has 2 rings (SSSR count). The molecule has 0 bridgehead atoms. The molecule has 0 saturated carbocycles. The number of fused-ring (bicyclic) bond motifs is 1. The summed E-state index contributed by atoms with van der Waals surface area (Å²) in [5.41, 5.74) is 4.05. The van der Waals surface area contributed by atoms with E-state index in [1.54, 1.807) is 11.3 Å². The molecule has 2 nitrogen and oxygen atoms in total. The second-order valence-electron chi connectivity index (χ2n) is 3.20. The molecule has 0 fully saturated rings. The van der Waals surface area contributed by atoms with Crippen molar-refractivity contribution >= 4 is 27.2 Å². The summed E-state index contributed by atoms with van der Waals surface area (Å²) in [5.74, 6) is 0. The van der Waals surface area contributed by atoms with Crippen LogP contribution in [0.5, 0.6) is 0 Å². The van der Waals surface area contributed by atoms with Gasteiger partial charge in [0.15, 0.2) is 0 Å². The van der Waals surface area contributed by atoms with Crippen molar-refractivity contribution in [3.63, 3.8) is 0 Å². The highest BCUT2D eigenvalue weighted by atomic mass is 32.1. The van der Waals surface area contributed by atoms with E-state index in [1.807, 2.05) is 23.7 Å². The van der Waals surface area contributed by atoms with Crippen LogP contribution in [-0.4, -0.2) is 11.0 Å². The van der Waals surface area contributed by atoms with Crippen LogP contribution in [0, 0.1) is 0 Å². The molecule has 1 N–H and O–H groups in total. The Labute approximate surface area is 87.3 Å². The lowest BCUT2D eigenvalue weighted by molar-refractivity contribution is 1.00. The SMILES string of the molecule is C=CC(C)Nc1ccc2ncsc2c1. The predicted molar refractivity (Wildman–Crippen MR) is 62.9 cm³/mol. The van der Waals surface area contributed by atoms with Crippen LogP contribution >= 0.6 is 11.3 Å². The third-order valence-electron chi connectivity index (χ3n) is 2.08. The predicted octanol–water partition coefficient (Wildman–Crippen LogP) is 3.28. The first-order valence-electron chi connectivity index (χ1n) is 4.52. The summed E-state index contributed by atoms with van der Waals surface area (Å²) in [6.45, 7) is 5.81. The summed E-state index contributed by atoms with van der Waals surface area (Å²) in [4.78, 5) is 4.23. The number of rotatable bonds is 3. The quantitative estimate of drug-likeness (QED) is 0.776. The van der Waals surface area contributed by atoms with Gasteiger partial charge in [-0.3, -0.25) is 0 Å². The van der Waals surface area contributed by atoms with E-state index in [9.17, 15) is 0 Å². The van der Waals surface area contributed by atoms with E-state index in [0.717, 1.165) is 11.2 Å². The van der Waals surface area contributed by atoms with E-state index in [4.69, 9.17) is 0 Å². The van der Waals surface area contributed by atoms with Gasteiger partial charge in [-0.2, -0.15) is 0 Å². The van der Waals surface area contributed by atoms with Crippen molar-refractivity contribution in [2.24, 2.45) is 0 Å². The zero-order chi connectivity index (χ0) is 9.97. The van der Waals surface area contributed by atoms with Gasteiger partial charge >= 0.3 is 0 Å². The Morgan fingerprint density at radius 1 is 1.57 bits per heavy atom. The fraction of sp³-hybridized carbons (Fsp3) is 0.182. The number of hydrogen-bond donors (Lipinski definition) is 1. The molecule has 0 aliphatic heterocycles. The molecule has 2 aromatic rings. The van der Waals surface area contributed by atoms with Crippen LogP contribution in [-0.2, 0) is 0 Å². The van der Waals surface area contributed by atoms with Crippen LogP contribution in [0.3, 0.4) is 0 Å². The zero-order valence-electron chi connectivity index (χ0n) is 8.03. The molecule has 3 heteroatoms.